The van der Waals surface area contributed by atoms with E-state index in [1.807, 2.05) is 0 Å². The summed E-state index contributed by atoms with van der Waals surface area (Å²) in [6, 6.07) is 0. The first-order chi connectivity index (χ1) is 4.63. The topological polar surface area (TPSA) is 62.8 Å². The van der Waals surface area contributed by atoms with Gasteiger partial charge in [-0.15, -0.1) is 0 Å². The Labute approximate surface area is 60.2 Å². The molecule has 0 saturated heterocycles. The van der Waals surface area contributed by atoms with E-state index in [0.717, 1.165) is 0 Å². The van der Waals surface area contributed by atoms with Crippen LogP contribution in [0.5, 0.6) is 0 Å². The maximum Gasteiger partial charge on any atom is 0.171 e. The van der Waals surface area contributed by atoms with Gasteiger partial charge in [0.15, 0.2) is 10.7 Å². The van der Waals surface area contributed by atoms with Crippen LogP contribution < -0.4 is 0 Å². The van der Waals surface area contributed by atoms with Gasteiger partial charge in [-0.05, 0) is 13.8 Å². The van der Waals surface area contributed by atoms with Gasteiger partial charge in [0, 0.05) is 0 Å². The lowest BCUT2D eigenvalue weighted by Gasteiger charge is -1.84. The highest BCUT2D eigenvalue weighted by atomic mass is 32.2. The second-order valence-corrected chi connectivity index (χ2v) is 3.00. The first-order valence-corrected chi connectivity index (χ1v) is 3.96. The largest absolute Gasteiger partial charge is 0.281 e. The number of aromatic amines is 1. The summed E-state index contributed by atoms with van der Waals surface area (Å²) in [5, 5.41) is 6.31. The lowest BCUT2D eigenvalue weighted by Crippen LogP contribution is -1.83. The molecular formula is C5H8N2O2S. The third-order valence-electron chi connectivity index (χ3n) is 1.27. The van der Waals surface area contributed by atoms with Gasteiger partial charge in [0.05, 0.1) is 11.4 Å². The highest BCUT2D eigenvalue weighted by Gasteiger charge is 2.06. The zero-order valence-electron chi connectivity index (χ0n) is 5.71. The Morgan fingerprint density at radius 2 is 2.00 bits per heavy atom. The van der Waals surface area contributed by atoms with E-state index < -0.39 is 10.7 Å². The van der Waals surface area contributed by atoms with E-state index in [2.05, 4.69) is 10.2 Å². The van der Waals surface area contributed by atoms with Crippen molar-refractivity contribution >= 4 is 10.7 Å². The molecule has 0 spiro atoms. The molecule has 10 heavy (non-hydrogen) atoms. The third kappa shape index (κ3) is 1.04. The van der Waals surface area contributed by atoms with Crippen molar-refractivity contribution < 1.29 is 8.42 Å². The highest BCUT2D eigenvalue weighted by molar-refractivity contribution is 7.72. The van der Waals surface area contributed by atoms with E-state index in [1.165, 1.54) is 0 Å². The number of nitrogens with zero attached hydrogens (tertiary/aromatic N) is 1. The minimum Gasteiger partial charge on any atom is -0.281 e. The van der Waals surface area contributed by atoms with Gasteiger partial charge < -0.3 is 0 Å². The van der Waals surface area contributed by atoms with Crippen molar-refractivity contribution in [2.45, 2.75) is 18.7 Å². The average Bonchev–Trinajstić information content (AvgIpc) is 2.11. The Bertz CT molecular complexity index is 286. The quantitative estimate of drug-likeness (QED) is 0.568. The van der Waals surface area contributed by atoms with Crippen molar-refractivity contribution in [3.63, 3.8) is 0 Å². The molecule has 0 atom stereocenters. The number of aromatic nitrogens is 2. The lowest BCUT2D eigenvalue weighted by molar-refractivity contribution is 0.613. The average molecular weight is 160 g/mol. The van der Waals surface area contributed by atoms with Crippen molar-refractivity contribution in [3.05, 3.63) is 11.4 Å². The third-order valence-corrected chi connectivity index (χ3v) is 2.30. The first-order valence-electron chi connectivity index (χ1n) is 2.79. The second kappa shape index (κ2) is 2.42. The summed E-state index contributed by atoms with van der Waals surface area (Å²) in [6.45, 7) is 3.34. The fourth-order valence-corrected chi connectivity index (χ4v) is 1.45. The summed E-state index contributed by atoms with van der Waals surface area (Å²) < 4.78 is 21.0. The van der Waals surface area contributed by atoms with Crippen LogP contribution in [0.3, 0.4) is 0 Å². The Balaban J connectivity index is 3.36. The van der Waals surface area contributed by atoms with Gasteiger partial charge in [-0.1, -0.05) is 0 Å². The molecular weight excluding hydrogens is 152 g/mol. The standard InChI is InChI=1S/C5H8N2O2S/c1-3-5(10(8)9)4(2)7-6-3/h10H,1-2H3,(H,6,7). The van der Waals surface area contributed by atoms with E-state index in [-0.39, 0.29) is 0 Å². The van der Waals surface area contributed by atoms with Gasteiger partial charge in [0.1, 0.15) is 4.90 Å². The smallest absolute Gasteiger partial charge is 0.171 e. The summed E-state index contributed by atoms with van der Waals surface area (Å²) in [4.78, 5) is 0.315. The molecule has 1 heterocycles. The minimum absolute atomic E-state index is 0.315. The van der Waals surface area contributed by atoms with Crippen LogP contribution in [-0.2, 0) is 10.7 Å². The van der Waals surface area contributed by atoms with E-state index in [0.29, 0.717) is 16.3 Å². The first kappa shape index (κ1) is 7.27. The van der Waals surface area contributed by atoms with Crippen molar-refractivity contribution in [2.24, 2.45) is 0 Å². The minimum atomic E-state index is -2.49. The summed E-state index contributed by atoms with van der Waals surface area (Å²) >= 11 is 0. The van der Waals surface area contributed by atoms with Gasteiger partial charge in [-0.3, -0.25) is 5.10 Å². The van der Waals surface area contributed by atoms with Gasteiger partial charge in [0.2, 0.25) is 0 Å². The fourth-order valence-electron chi connectivity index (χ4n) is 0.814. The lowest BCUT2D eigenvalue weighted by atomic mass is 10.4. The molecule has 1 rings (SSSR count). The summed E-state index contributed by atoms with van der Waals surface area (Å²) in [5.74, 6) is 0. The molecule has 1 N–H and O–H groups in total. The van der Waals surface area contributed by atoms with Crippen LogP contribution in [-0.4, -0.2) is 18.6 Å². The Kier molecular flexibility index (Phi) is 1.76. The van der Waals surface area contributed by atoms with Crippen LogP contribution in [0.2, 0.25) is 0 Å². The van der Waals surface area contributed by atoms with Gasteiger partial charge in [0.25, 0.3) is 0 Å². The number of hydrogen-bond donors (Lipinski definition) is 2. The molecule has 1 aromatic rings. The predicted molar refractivity (Wildman–Crippen MR) is 36.6 cm³/mol. The Morgan fingerprint density at radius 3 is 2.20 bits per heavy atom. The van der Waals surface area contributed by atoms with E-state index in [9.17, 15) is 8.42 Å². The molecule has 0 unspecified atom stereocenters. The molecule has 0 radical (unpaired) electrons. The Morgan fingerprint density at radius 1 is 1.40 bits per heavy atom. The number of H-pyrrole nitrogens is 1. The molecule has 0 aliphatic heterocycles. The van der Waals surface area contributed by atoms with Crippen LogP contribution in [0.25, 0.3) is 0 Å². The zero-order valence-corrected chi connectivity index (χ0v) is 6.61. The van der Waals surface area contributed by atoms with E-state index >= 15 is 0 Å². The van der Waals surface area contributed by atoms with E-state index in [1.54, 1.807) is 13.8 Å². The summed E-state index contributed by atoms with van der Waals surface area (Å²) in [7, 11) is -2.49. The molecule has 0 aliphatic rings. The Hall–Kier alpha value is -0.840. The zero-order chi connectivity index (χ0) is 7.72. The van der Waals surface area contributed by atoms with Gasteiger partial charge in [-0.25, -0.2) is 8.42 Å². The molecule has 0 bridgehead atoms. The van der Waals surface area contributed by atoms with Crippen LogP contribution in [0.4, 0.5) is 0 Å². The van der Waals surface area contributed by atoms with E-state index in [4.69, 9.17) is 0 Å². The summed E-state index contributed by atoms with van der Waals surface area (Å²) in [6.07, 6.45) is 0. The number of rotatable bonds is 1. The fraction of sp³-hybridized carbons (Fsp3) is 0.400. The normalized spacial score (nSPS) is 10.7. The monoisotopic (exact) mass is 160 g/mol. The maximum atomic E-state index is 10.5. The molecule has 5 heteroatoms. The van der Waals surface area contributed by atoms with Crippen LogP contribution in [0.15, 0.2) is 4.90 Å². The number of nitrogens with one attached hydrogen (secondary N) is 1. The van der Waals surface area contributed by atoms with Crippen molar-refractivity contribution in [1.82, 2.24) is 10.2 Å². The second-order valence-electron chi connectivity index (χ2n) is 2.04. The molecule has 1 aromatic heterocycles. The number of hydrogen-bond acceptors (Lipinski definition) is 3. The molecule has 0 aromatic carbocycles. The SMILES string of the molecule is Cc1n[nH]c(C)c1[SH](=O)=O. The van der Waals surface area contributed by atoms with Crippen LogP contribution in [0.1, 0.15) is 11.4 Å². The molecule has 0 amide bonds. The van der Waals surface area contributed by atoms with Gasteiger partial charge >= 0.3 is 0 Å². The summed E-state index contributed by atoms with van der Waals surface area (Å²) in [5.41, 5.74) is 1.14. The number of aryl methyl sites for hydroxylation is 2. The van der Waals surface area contributed by atoms with Crippen molar-refractivity contribution in [1.29, 1.82) is 0 Å². The van der Waals surface area contributed by atoms with Crippen molar-refractivity contribution in [2.75, 3.05) is 0 Å². The molecule has 0 fully saturated rings. The van der Waals surface area contributed by atoms with Crippen LogP contribution >= 0.6 is 0 Å². The number of thiol groups is 1. The molecule has 56 valence electrons. The van der Waals surface area contributed by atoms with Gasteiger partial charge in [-0.2, -0.15) is 5.10 Å². The van der Waals surface area contributed by atoms with Crippen LogP contribution in [0, 0.1) is 13.8 Å². The molecule has 4 nitrogen and oxygen atoms in total. The molecule has 0 saturated carbocycles. The molecule has 0 aliphatic carbocycles. The predicted octanol–water partition coefficient (Wildman–Crippen LogP) is -0.00316. The maximum absolute atomic E-state index is 10.5. The van der Waals surface area contributed by atoms with Crippen molar-refractivity contribution in [3.8, 4) is 0 Å². The highest BCUT2D eigenvalue weighted by Crippen LogP contribution is 2.09.